The summed E-state index contributed by atoms with van der Waals surface area (Å²) in [6, 6.07) is 7.40. The third kappa shape index (κ3) is 4.43. The number of hydrogen-bond donors (Lipinski definition) is 0. The Balaban J connectivity index is 1.81. The molecule has 30 heavy (non-hydrogen) atoms. The third-order valence-corrected chi connectivity index (χ3v) is 5.88. The Bertz CT molecular complexity index is 887. The predicted octanol–water partition coefficient (Wildman–Crippen LogP) is 3.34. The zero-order valence-corrected chi connectivity index (χ0v) is 18.2. The van der Waals surface area contributed by atoms with Gasteiger partial charge in [-0.1, -0.05) is 12.1 Å². The van der Waals surface area contributed by atoms with Crippen LogP contribution in [0.2, 0.25) is 0 Å². The molecule has 1 aliphatic rings. The van der Waals surface area contributed by atoms with Crippen LogP contribution in [0.3, 0.4) is 0 Å². The van der Waals surface area contributed by atoms with Gasteiger partial charge in [-0.3, -0.25) is 9.59 Å². The molecular formula is C22H26N2O5S. The number of carbonyl (C=O) groups excluding carboxylic acids is 2. The normalized spacial score (nSPS) is 15.8. The molecule has 3 rings (SSSR count). The molecule has 2 heterocycles. The molecule has 2 amide bonds. The molecule has 0 spiro atoms. The van der Waals surface area contributed by atoms with E-state index in [0.717, 1.165) is 4.88 Å². The molecule has 0 unspecified atom stereocenters. The van der Waals surface area contributed by atoms with Gasteiger partial charge in [0.05, 0.1) is 39.5 Å². The molecule has 8 heteroatoms. The Hall–Kier alpha value is -3.00. The number of methoxy groups -OCH3 is 3. The first-order valence-electron chi connectivity index (χ1n) is 9.54. The van der Waals surface area contributed by atoms with Crippen LogP contribution in [0.25, 0.3) is 0 Å². The first kappa shape index (κ1) is 21.7. The van der Waals surface area contributed by atoms with Crippen LogP contribution >= 0.6 is 11.3 Å². The molecule has 1 aromatic carbocycles. The lowest BCUT2D eigenvalue weighted by Crippen LogP contribution is -2.37. The van der Waals surface area contributed by atoms with Crippen molar-refractivity contribution in [3.63, 3.8) is 0 Å². The first-order valence-corrected chi connectivity index (χ1v) is 10.4. The number of anilines is 1. The highest BCUT2D eigenvalue weighted by Crippen LogP contribution is 2.42. The van der Waals surface area contributed by atoms with E-state index in [1.807, 2.05) is 17.5 Å². The molecule has 2 aromatic rings. The van der Waals surface area contributed by atoms with Gasteiger partial charge in [0.25, 0.3) is 0 Å². The van der Waals surface area contributed by atoms with Gasteiger partial charge in [0.2, 0.25) is 17.6 Å². The summed E-state index contributed by atoms with van der Waals surface area (Å²) in [6.45, 7) is 5.01. The Kier molecular flexibility index (Phi) is 6.99. The molecule has 0 bridgehead atoms. The average molecular weight is 431 g/mol. The van der Waals surface area contributed by atoms with Crippen LogP contribution in [0, 0.1) is 5.92 Å². The van der Waals surface area contributed by atoms with Crippen LogP contribution in [0.1, 0.15) is 11.3 Å². The van der Waals surface area contributed by atoms with E-state index in [9.17, 15) is 9.59 Å². The molecule has 7 nitrogen and oxygen atoms in total. The molecule has 160 valence electrons. The Morgan fingerprint density at radius 3 is 2.50 bits per heavy atom. The maximum atomic E-state index is 13.2. The van der Waals surface area contributed by atoms with Crippen LogP contribution < -0.4 is 19.1 Å². The zero-order chi connectivity index (χ0) is 21.7. The molecule has 1 aromatic heterocycles. The number of nitrogens with zero attached hydrogens (tertiary/aromatic N) is 2. The van der Waals surface area contributed by atoms with E-state index in [1.165, 1.54) is 21.3 Å². The van der Waals surface area contributed by atoms with E-state index in [-0.39, 0.29) is 18.2 Å². The fourth-order valence-electron chi connectivity index (χ4n) is 3.58. The SMILES string of the molecule is C=CCN(Cc1cccs1)C(=O)[C@H]1CC(=O)N(c2cc(OC)c(OC)c(OC)c2)C1. The molecule has 0 saturated carbocycles. The largest absolute Gasteiger partial charge is 0.493 e. The van der Waals surface area contributed by atoms with E-state index in [0.29, 0.717) is 42.6 Å². The van der Waals surface area contributed by atoms with Gasteiger partial charge in [-0.05, 0) is 11.4 Å². The highest BCUT2D eigenvalue weighted by molar-refractivity contribution is 7.09. The van der Waals surface area contributed by atoms with Crippen molar-refractivity contribution >= 4 is 28.8 Å². The van der Waals surface area contributed by atoms with Gasteiger partial charge in [0.15, 0.2) is 11.5 Å². The second kappa shape index (κ2) is 9.67. The topological polar surface area (TPSA) is 68.3 Å². The fraction of sp³-hybridized carbons (Fsp3) is 0.364. The smallest absolute Gasteiger partial charge is 0.228 e. The van der Waals surface area contributed by atoms with Crippen molar-refractivity contribution in [3.05, 3.63) is 47.2 Å². The van der Waals surface area contributed by atoms with Gasteiger partial charge in [-0.2, -0.15) is 0 Å². The summed E-state index contributed by atoms with van der Waals surface area (Å²) in [7, 11) is 4.57. The van der Waals surface area contributed by atoms with Crippen molar-refractivity contribution in [1.29, 1.82) is 0 Å². The van der Waals surface area contributed by atoms with Crippen LogP contribution in [-0.4, -0.2) is 51.1 Å². The molecule has 0 radical (unpaired) electrons. The minimum Gasteiger partial charge on any atom is -0.493 e. The lowest BCUT2D eigenvalue weighted by Gasteiger charge is -2.24. The Labute approximate surface area is 180 Å². The monoisotopic (exact) mass is 430 g/mol. The summed E-state index contributed by atoms with van der Waals surface area (Å²) >= 11 is 1.60. The van der Waals surface area contributed by atoms with Gasteiger partial charge in [0.1, 0.15) is 0 Å². The van der Waals surface area contributed by atoms with Crippen molar-refractivity contribution in [3.8, 4) is 17.2 Å². The summed E-state index contributed by atoms with van der Waals surface area (Å²) in [4.78, 5) is 30.4. The Morgan fingerprint density at radius 1 is 1.27 bits per heavy atom. The van der Waals surface area contributed by atoms with Gasteiger partial charge in [-0.15, -0.1) is 17.9 Å². The summed E-state index contributed by atoms with van der Waals surface area (Å²) in [6.07, 6.45) is 1.87. The van der Waals surface area contributed by atoms with E-state index >= 15 is 0 Å². The molecular weight excluding hydrogens is 404 g/mol. The summed E-state index contributed by atoms with van der Waals surface area (Å²) in [5, 5.41) is 1.98. The Morgan fingerprint density at radius 2 is 1.97 bits per heavy atom. The third-order valence-electron chi connectivity index (χ3n) is 5.02. The average Bonchev–Trinajstić information content (AvgIpc) is 3.41. The number of rotatable bonds is 9. The van der Waals surface area contributed by atoms with E-state index in [2.05, 4.69) is 6.58 Å². The maximum absolute atomic E-state index is 13.2. The van der Waals surface area contributed by atoms with Gasteiger partial charge in [0, 0.05) is 36.5 Å². The van der Waals surface area contributed by atoms with Crippen molar-refractivity contribution in [2.75, 3.05) is 39.3 Å². The number of benzene rings is 1. The molecule has 0 N–H and O–H groups in total. The van der Waals surface area contributed by atoms with Crippen molar-refractivity contribution < 1.29 is 23.8 Å². The fourth-order valence-corrected chi connectivity index (χ4v) is 4.30. The molecule has 1 fully saturated rings. The van der Waals surface area contributed by atoms with Crippen LogP contribution in [0.5, 0.6) is 17.2 Å². The first-order chi connectivity index (χ1) is 14.5. The van der Waals surface area contributed by atoms with Gasteiger partial charge >= 0.3 is 0 Å². The number of carbonyl (C=O) groups is 2. The predicted molar refractivity (Wildman–Crippen MR) is 116 cm³/mol. The van der Waals surface area contributed by atoms with Crippen LogP contribution in [0.4, 0.5) is 5.69 Å². The minimum absolute atomic E-state index is 0.0495. The zero-order valence-electron chi connectivity index (χ0n) is 17.4. The quantitative estimate of drug-likeness (QED) is 0.571. The lowest BCUT2D eigenvalue weighted by molar-refractivity contribution is -0.135. The van der Waals surface area contributed by atoms with Crippen molar-refractivity contribution in [2.24, 2.45) is 5.92 Å². The highest BCUT2D eigenvalue weighted by atomic mass is 32.1. The van der Waals surface area contributed by atoms with E-state index < -0.39 is 5.92 Å². The summed E-state index contributed by atoms with van der Waals surface area (Å²) in [5.41, 5.74) is 0.610. The second-order valence-electron chi connectivity index (χ2n) is 6.88. The van der Waals surface area contributed by atoms with Gasteiger partial charge in [-0.25, -0.2) is 0 Å². The summed E-state index contributed by atoms with van der Waals surface area (Å²) < 4.78 is 16.1. The van der Waals surface area contributed by atoms with Crippen molar-refractivity contribution in [1.82, 2.24) is 4.90 Å². The maximum Gasteiger partial charge on any atom is 0.228 e. The standard InChI is InChI=1S/C22H26N2O5S/c1-5-8-23(14-17-7-6-9-30-17)22(26)15-10-20(25)24(13-15)16-11-18(27-2)21(29-4)19(12-16)28-3/h5-7,9,11-12,15H,1,8,10,13-14H2,2-4H3/t15-/m0/s1. The number of thiophene rings is 1. The molecule has 1 atom stereocenters. The van der Waals surface area contributed by atoms with Crippen LogP contribution in [-0.2, 0) is 16.1 Å². The molecule has 1 saturated heterocycles. The van der Waals surface area contributed by atoms with Crippen LogP contribution in [0.15, 0.2) is 42.3 Å². The van der Waals surface area contributed by atoms with Crippen molar-refractivity contribution in [2.45, 2.75) is 13.0 Å². The highest BCUT2D eigenvalue weighted by Gasteiger charge is 2.37. The molecule has 1 aliphatic heterocycles. The summed E-state index contributed by atoms with van der Waals surface area (Å²) in [5.74, 6) is 0.789. The number of hydrogen-bond acceptors (Lipinski definition) is 6. The number of ether oxygens (including phenoxy) is 3. The number of amides is 2. The van der Waals surface area contributed by atoms with E-state index in [4.69, 9.17) is 14.2 Å². The molecule has 0 aliphatic carbocycles. The lowest BCUT2D eigenvalue weighted by atomic mass is 10.1. The van der Waals surface area contributed by atoms with E-state index in [1.54, 1.807) is 39.3 Å². The van der Waals surface area contributed by atoms with Gasteiger partial charge < -0.3 is 24.0 Å². The second-order valence-corrected chi connectivity index (χ2v) is 7.91. The minimum atomic E-state index is -0.420.